The fourth-order valence-corrected chi connectivity index (χ4v) is 4.22. The second kappa shape index (κ2) is 7.45. The van der Waals surface area contributed by atoms with Gasteiger partial charge in [-0.2, -0.15) is 0 Å². The molecule has 0 fully saturated rings. The Morgan fingerprint density at radius 3 is 2.55 bits per heavy atom. The fourth-order valence-electron chi connectivity index (χ4n) is 3.98. The first-order valence-electron chi connectivity index (χ1n) is 9.58. The first-order chi connectivity index (χ1) is 13.8. The van der Waals surface area contributed by atoms with E-state index < -0.39 is 5.97 Å². The van der Waals surface area contributed by atoms with Crippen LogP contribution in [-0.2, 0) is 6.42 Å². The van der Waals surface area contributed by atoms with Crippen molar-refractivity contribution in [2.45, 2.75) is 26.3 Å². The molecule has 0 spiro atoms. The Bertz CT molecular complexity index is 1060. The molecule has 4 rings (SSSR count). The molecule has 3 N–H and O–H groups in total. The van der Waals surface area contributed by atoms with Crippen LogP contribution < -0.4 is 10.6 Å². The number of carbonyl (C=O) groups is 1. The molecule has 1 heterocycles. The number of carboxylic acids is 1. The minimum atomic E-state index is -0.902. The van der Waals surface area contributed by atoms with E-state index in [-0.39, 0.29) is 11.5 Å². The van der Waals surface area contributed by atoms with Gasteiger partial charge in [-0.05, 0) is 65.4 Å². The molecule has 4 nitrogen and oxygen atoms in total. The van der Waals surface area contributed by atoms with Gasteiger partial charge in [0, 0.05) is 11.4 Å². The van der Waals surface area contributed by atoms with Crippen LogP contribution in [0.15, 0.2) is 66.7 Å². The largest absolute Gasteiger partial charge is 0.478 e. The summed E-state index contributed by atoms with van der Waals surface area (Å²) in [5.74, 6) is -0.902. The zero-order valence-corrected chi connectivity index (χ0v) is 17.1. The van der Waals surface area contributed by atoms with E-state index in [0.717, 1.165) is 34.6 Å². The molecule has 0 saturated heterocycles. The number of rotatable bonds is 4. The number of nitrogens with one attached hydrogen (secondary N) is 2. The van der Waals surface area contributed by atoms with Gasteiger partial charge in [-0.1, -0.05) is 49.7 Å². The first-order valence-corrected chi connectivity index (χ1v) is 9.95. The summed E-state index contributed by atoms with van der Waals surface area (Å²) in [5.41, 5.74) is 5.16. The normalized spacial score (nSPS) is 17.1. The number of para-hydroxylation sites is 1. The van der Waals surface area contributed by atoms with Crippen LogP contribution >= 0.6 is 11.6 Å². The molecule has 148 valence electrons. The minimum Gasteiger partial charge on any atom is -0.478 e. The summed E-state index contributed by atoms with van der Waals surface area (Å²) >= 11 is 6.59. The second-order valence-electron chi connectivity index (χ2n) is 8.15. The average molecular weight is 407 g/mol. The maximum atomic E-state index is 11.3. The third kappa shape index (κ3) is 3.94. The molecule has 3 aromatic rings. The Morgan fingerprint density at radius 2 is 1.86 bits per heavy atom. The van der Waals surface area contributed by atoms with E-state index in [1.807, 2.05) is 48.5 Å². The van der Waals surface area contributed by atoms with Gasteiger partial charge < -0.3 is 15.7 Å². The topological polar surface area (TPSA) is 61.4 Å². The number of benzene rings is 3. The van der Waals surface area contributed by atoms with E-state index in [1.165, 1.54) is 0 Å². The summed E-state index contributed by atoms with van der Waals surface area (Å²) in [6.45, 7) is 4.37. The maximum Gasteiger partial charge on any atom is 0.335 e. The van der Waals surface area contributed by atoms with Gasteiger partial charge in [0.25, 0.3) is 0 Å². The first kappa shape index (κ1) is 19.3. The van der Waals surface area contributed by atoms with Crippen molar-refractivity contribution in [1.82, 2.24) is 0 Å². The lowest BCUT2D eigenvalue weighted by molar-refractivity contribution is 0.0696. The third-order valence-corrected chi connectivity index (χ3v) is 5.77. The van der Waals surface area contributed by atoms with Gasteiger partial charge in [0.1, 0.15) is 0 Å². The number of carboxylic acid groups (broad SMARTS) is 1. The Hall–Kier alpha value is -2.98. The third-order valence-electron chi connectivity index (χ3n) is 5.46. The van der Waals surface area contributed by atoms with Crippen molar-refractivity contribution in [3.8, 4) is 0 Å². The van der Waals surface area contributed by atoms with Gasteiger partial charge in [0.15, 0.2) is 0 Å². The number of fused-ring (bicyclic) bond motifs is 1. The van der Waals surface area contributed by atoms with Crippen molar-refractivity contribution < 1.29 is 9.90 Å². The highest BCUT2D eigenvalue weighted by Crippen LogP contribution is 2.46. The van der Waals surface area contributed by atoms with Gasteiger partial charge in [0.2, 0.25) is 0 Å². The zero-order chi connectivity index (χ0) is 20.6. The smallest absolute Gasteiger partial charge is 0.335 e. The monoisotopic (exact) mass is 406 g/mol. The summed E-state index contributed by atoms with van der Waals surface area (Å²) < 4.78 is 0. The van der Waals surface area contributed by atoms with Crippen LogP contribution in [0.1, 0.15) is 41.4 Å². The molecule has 1 aliphatic heterocycles. The quantitative estimate of drug-likeness (QED) is 0.461. The lowest BCUT2D eigenvalue weighted by Crippen LogP contribution is -2.35. The van der Waals surface area contributed by atoms with Crippen molar-refractivity contribution in [1.29, 1.82) is 0 Å². The predicted molar refractivity (Wildman–Crippen MR) is 118 cm³/mol. The van der Waals surface area contributed by atoms with Crippen molar-refractivity contribution in [3.63, 3.8) is 0 Å². The molecule has 1 atom stereocenters. The summed E-state index contributed by atoms with van der Waals surface area (Å²) in [6.07, 6.45) is 0.781. The average Bonchev–Trinajstić information content (AvgIpc) is 2.68. The standard InChI is InChI=1S/C24H23ClN2O2/c1-24(2)14-17-12-16(23(28)29)9-10-20(17)27-22(24)15-8-11-21(19(25)13-15)26-18-6-4-3-5-7-18/h3-13,22,26-27H,14H2,1-2H3,(H,28,29). The Balaban J connectivity index is 1.62. The van der Waals surface area contributed by atoms with Crippen molar-refractivity contribution in [2.75, 3.05) is 10.6 Å². The van der Waals surface area contributed by atoms with Crippen LogP contribution in [0.25, 0.3) is 0 Å². The van der Waals surface area contributed by atoms with Crippen LogP contribution in [0.4, 0.5) is 17.1 Å². The summed E-state index contributed by atoms with van der Waals surface area (Å²) in [7, 11) is 0. The minimum absolute atomic E-state index is 0.0638. The SMILES string of the molecule is CC1(C)Cc2cc(C(=O)O)ccc2NC1c1ccc(Nc2ccccc2)c(Cl)c1. The molecule has 0 radical (unpaired) electrons. The molecule has 0 saturated carbocycles. The number of anilines is 3. The van der Waals surface area contributed by atoms with Crippen LogP contribution in [0.5, 0.6) is 0 Å². The molecular weight excluding hydrogens is 384 g/mol. The highest BCUT2D eigenvalue weighted by Gasteiger charge is 2.36. The summed E-state index contributed by atoms with van der Waals surface area (Å²) in [5, 5.41) is 16.9. The van der Waals surface area contributed by atoms with E-state index in [2.05, 4.69) is 30.5 Å². The lowest BCUT2D eigenvalue weighted by atomic mass is 9.72. The number of halogens is 1. The molecule has 29 heavy (non-hydrogen) atoms. The fraction of sp³-hybridized carbons (Fsp3) is 0.208. The summed E-state index contributed by atoms with van der Waals surface area (Å²) in [6, 6.07) is 21.4. The molecule has 0 aliphatic carbocycles. The van der Waals surface area contributed by atoms with E-state index in [1.54, 1.807) is 12.1 Å². The highest BCUT2D eigenvalue weighted by molar-refractivity contribution is 6.33. The lowest BCUT2D eigenvalue weighted by Gasteiger charge is -2.41. The zero-order valence-electron chi connectivity index (χ0n) is 16.4. The van der Waals surface area contributed by atoms with E-state index in [0.29, 0.717) is 10.6 Å². The van der Waals surface area contributed by atoms with Gasteiger partial charge in [-0.3, -0.25) is 0 Å². The summed E-state index contributed by atoms with van der Waals surface area (Å²) in [4.78, 5) is 11.3. The van der Waals surface area contributed by atoms with E-state index in [4.69, 9.17) is 11.6 Å². The molecule has 5 heteroatoms. The van der Waals surface area contributed by atoms with E-state index >= 15 is 0 Å². The van der Waals surface area contributed by atoms with Crippen LogP contribution in [0, 0.1) is 5.41 Å². The second-order valence-corrected chi connectivity index (χ2v) is 8.56. The van der Waals surface area contributed by atoms with Crippen molar-refractivity contribution in [3.05, 3.63) is 88.4 Å². The highest BCUT2D eigenvalue weighted by atomic mass is 35.5. The Labute approximate surface area is 175 Å². The number of hydrogen-bond donors (Lipinski definition) is 3. The van der Waals surface area contributed by atoms with E-state index in [9.17, 15) is 9.90 Å². The van der Waals surface area contributed by atoms with Gasteiger partial charge in [0.05, 0.1) is 22.3 Å². The molecular formula is C24H23ClN2O2. The van der Waals surface area contributed by atoms with Gasteiger partial charge in [-0.25, -0.2) is 4.79 Å². The predicted octanol–water partition coefficient (Wildman–Crippen LogP) is 6.52. The molecule has 0 aromatic heterocycles. The van der Waals surface area contributed by atoms with Gasteiger partial charge in [-0.15, -0.1) is 0 Å². The number of aromatic carboxylic acids is 1. The van der Waals surface area contributed by atoms with Crippen LogP contribution in [-0.4, -0.2) is 11.1 Å². The number of hydrogen-bond acceptors (Lipinski definition) is 3. The van der Waals surface area contributed by atoms with Crippen molar-refractivity contribution >= 4 is 34.6 Å². The molecule has 1 unspecified atom stereocenters. The Kier molecular flexibility index (Phi) is 4.97. The van der Waals surface area contributed by atoms with Crippen LogP contribution in [0.3, 0.4) is 0 Å². The molecule has 3 aromatic carbocycles. The molecule has 0 bridgehead atoms. The van der Waals surface area contributed by atoms with Gasteiger partial charge >= 0.3 is 5.97 Å². The van der Waals surface area contributed by atoms with Crippen molar-refractivity contribution in [2.24, 2.45) is 5.41 Å². The Morgan fingerprint density at radius 1 is 1.10 bits per heavy atom. The molecule has 1 aliphatic rings. The maximum absolute atomic E-state index is 11.3. The molecule has 0 amide bonds. The van der Waals surface area contributed by atoms with Crippen LogP contribution in [0.2, 0.25) is 5.02 Å².